The summed E-state index contributed by atoms with van der Waals surface area (Å²) in [7, 11) is 1.86. The molecule has 3 heterocycles. The van der Waals surface area contributed by atoms with Crippen LogP contribution in [0.3, 0.4) is 0 Å². The number of nitrogens with zero attached hydrogens (tertiary/aromatic N) is 5. The molecule has 3 aliphatic heterocycles. The van der Waals surface area contributed by atoms with Crippen LogP contribution in [0.1, 0.15) is 43.8 Å². The van der Waals surface area contributed by atoms with E-state index in [0.717, 1.165) is 53.5 Å². The van der Waals surface area contributed by atoms with Gasteiger partial charge in [0.05, 0.1) is 13.1 Å². The van der Waals surface area contributed by atoms with Crippen molar-refractivity contribution in [3.8, 4) is 0 Å². The summed E-state index contributed by atoms with van der Waals surface area (Å²) in [5.74, 6) is -0.819. The molecule has 3 aromatic carbocycles. The maximum absolute atomic E-state index is 13.9. The van der Waals surface area contributed by atoms with Crippen molar-refractivity contribution in [2.45, 2.75) is 32.1 Å². The number of hydrogen-bond donors (Lipinski definition) is 1. The number of carboxylic acids is 1. The van der Waals surface area contributed by atoms with E-state index in [-0.39, 0.29) is 43.1 Å². The monoisotopic (exact) mass is 771 g/mol. The van der Waals surface area contributed by atoms with E-state index in [1.54, 1.807) is 46.2 Å². The second-order valence-corrected chi connectivity index (χ2v) is 14.2. The lowest BCUT2D eigenvalue weighted by Gasteiger charge is -2.26. The number of amides is 3. The van der Waals surface area contributed by atoms with Gasteiger partial charge in [-0.15, -0.1) is 0 Å². The molecule has 16 heteroatoms. The first-order valence-corrected chi connectivity index (χ1v) is 18.3. The van der Waals surface area contributed by atoms with Gasteiger partial charge >= 0.3 is 12.1 Å². The van der Waals surface area contributed by atoms with Gasteiger partial charge in [-0.3, -0.25) is 24.2 Å². The van der Waals surface area contributed by atoms with Gasteiger partial charge in [0.2, 0.25) is 17.6 Å². The van der Waals surface area contributed by atoms with E-state index >= 15 is 0 Å². The van der Waals surface area contributed by atoms with E-state index in [1.165, 1.54) is 0 Å². The number of ketones is 1. The molecular formula is C37H37ClF3N5O6S. The first-order chi connectivity index (χ1) is 25.2. The molecule has 280 valence electrons. The number of aliphatic carboxylic acids is 1. The number of aryl methyl sites for hydroxylation is 1. The van der Waals surface area contributed by atoms with E-state index in [9.17, 15) is 32.3 Å². The average molecular weight is 772 g/mol. The van der Waals surface area contributed by atoms with Gasteiger partial charge in [0.1, 0.15) is 6.54 Å². The number of hydrogen-bond acceptors (Lipinski definition) is 8. The van der Waals surface area contributed by atoms with E-state index in [0.29, 0.717) is 41.4 Å². The number of amidine groups is 1. The average Bonchev–Trinajstić information content (AvgIpc) is 3.53. The molecule has 0 saturated carbocycles. The molecule has 1 fully saturated rings. The maximum Gasteiger partial charge on any atom is 0.490 e. The second-order valence-electron chi connectivity index (χ2n) is 12.6. The molecular weight excluding hydrogens is 735 g/mol. The van der Waals surface area contributed by atoms with E-state index < -0.39 is 12.1 Å². The van der Waals surface area contributed by atoms with Crippen LogP contribution in [0.15, 0.2) is 71.7 Å². The van der Waals surface area contributed by atoms with Crippen molar-refractivity contribution < 1.29 is 42.3 Å². The fourth-order valence-electron chi connectivity index (χ4n) is 5.96. The standard InChI is InChI=1S/C35H36ClN5O4S.C2HF3O2/c1-38-15-14-37-34(38)33(44)26-6-3-25(4-7-26)21-41-30-20-24(5-13-31(42)39-16-18-46-19-17-39)2-8-28(30)22-40(23-32(41)43)35(45)27-9-11-29(36)12-10-27;3-2(4,5)1(6)7/h2-4,6-12,20H,5,13-19,21-23H2,1H3;(H,6,7). The number of anilines is 1. The van der Waals surface area contributed by atoms with Crippen LogP contribution in [0.4, 0.5) is 18.9 Å². The Labute approximate surface area is 313 Å². The Morgan fingerprint density at radius 2 is 1.49 bits per heavy atom. The van der Waals surface area contributed by atoms with Gasteiger partial charge in [0.25, 0.3) is 5.91 Å². The Morgan fingerprint density at radius 1 is 0.868 bits per heavy atom. The van der Waals surface area contributed by atoms with E-state index in [2.05, 4.69) is 4.99 Å². The summed E-state index contributed by atoms with van der Waals surface area (Å²) in [6.45, 7) is 3.31. The highest BCUT2D eigenvalue weighted by atomic mass is 35.5. The van der Waals surface area contributed by atoms with Crippen molar-refractivity contribution in [1.82, 2.24) is 14.7 Å². The number of carboxylic acid groups (broad SMARTS) is 1. The van der Waals surface area contributed by atoms with Crippen LogP contribution < -0.4 is 4.90 Å². The lowest BCUT2D eigenvalue weighted by molar-refractivity contribution is -0.192. The third kappa shape index (κ3) is 10.2. The van der Waals surface area contributed by atoms with Gasteiger partial charge in [0.15, 0.2) is 5.84 Å². The Kier molecular flexibility index (Phi) is 12.8. The molecule has 0 aromatic heterocycles. The maximum atomic E-state index is 13.9. The summed E-state index contributed by atoms with van der Waals surface area (Å²) in [6.07, 6.45) is -4.13. The number of rotatable bonds is 8. The predicted octanol–water partition coefficient (Wildman–Crippen LogP) is 5.20. The topological polar surface area (TPSA) is 131 Å². The summed E-state index contributed by atoms with van der Waals surface area (Å²) < 4.78 is 31.7. The van der Waals surface area contributed by atoms with Crippen LogP contribution >= 0.6 is 23.4 Å². The molecule has 53 heavy (non-hydrogen) atoms. The van der Waals surface area contributed by atoms with Crippen molar-refractivity contribution in [2.24, 2.45) is 4.99 Å². The van der Waals surface area contributed by atoms with Gasteiger partial charge < -0.3 is 24.7 Å². The number of carbonyl (C=O) groups excluding carboxylic acids is 4. The number of carbonyl (C=O) groups is 5. The Bertz CT molecular complexity index is 1880. The number of Topliss-reactive ketones (excluding diaryl/α,β-unsaturated/α-hetero) is 1. The summed E-state index contributed by atoms with van der Waals surface area (Å²) >= 11 is 7.92. The molecule has 0 atom stereocenters. The molecule has 0 radical (unpaired) electrons. The Balaban J connectivity index is 0.000000705. The summed E-state index contributed by atoms with van der Waals surface area (Å²) in [4.78, 5) is 73.6. The molecule has 11 nitrogen and oxygen atoms in total. The molecule has 3 aromatic rings. The number of thioether (sulfide) groups is 1. The number of likely N-dealkylation sites (N-methyl/N-ethyl adjacent to an activating group) is 1. The van der Waals surface area contributed by atoms with Crippen molar-refractivity contribution in [3.63, 3.8) is 0 Å². The molecule has 0 spiro atoms. The van der Waals surface area contributed by atoms with Gasteiger partial charge in [0, 0.05) is 73.0 Å². The summed E-state index contributed by atoms with van der Waals surface area (Å²) in [5, 5.41) is 7.65. The number of halogens is 4. The lowest BCUT2D eigenvalue weighted by atomic mass is 10.0. The van der Waals surface area contributed by atoms with Crippen molar-refractivity contribution >= 4 is 64.4 Å². The second kappa shape index (κ2) is 17.3. The first kappa shape index (κ1) is 39.3. The zero-order chi connectivity index (χ0) is 38.3. The first-order valence-electron chi connectivity index (χ1n) is 16.7. The van der Waals surface area contributed by atoms with Crippen LogP contribution in [0.25, 0.3) is 0 Å². The Morgan fingerprint density at radius 3 is 2.09 bits per heavy atom. The third-order valence-electron chi connectivity index (χ3n) is 8.86. The molecule has 3 amide bonds. The number of benzene rings is 3. The quantitative estimate of drug-likeness (QED) is 0.310. The van der Waals surface area contributed by atoms with Crippen LogP contribution in [-0.2, 0) is 33.9 Å². The molecule has 3 aliphatic rings. The third-order valence-corrected chi connectivity index (χ3v) is 10.1. The highest BCUT2D eigenvalue weighted by Crippen LogP contribution is 2.30. The number of aliphatic imine (C=N–C) groups is 1. The zero-order valence-electron chi connectivity index (χ0n) is 28.8. The summed E-state index contributed by atoms with van der Waals surface area (Å²) in [5.41, 5.74) is 4.35. The predicted molar refractivity (Wildman–Crippen MR) is 195 cm³/mol. The minimum absolute atomic E-state index is 0.0976. The molecule has 0 unspecified atom stereocenters. The van der Waals surface area contributed by atoms with E-state index in [1.807, 2.05) is 58.9 Å². The van der Waals surface area contributed by atoms with Gasteiger partial charge in [-0.05, 0) is 53.4 Å². The van der Waals surface area contributed by atoms with Gasteiger partial charge in [-0.1, -0.05) is 48.0 Å². The molecule has 0 aliphatic carbocycles. The van der Waals surface area contributed by atoms with Gasteiger partial charge in [-0.2, -0.15) is 24.9 Å². The van der Waals surface area contributed by atoms with Crippen LogP contribution in [-0.4, -0.2) is 113 Å². The fraction of sp³-hybridized carbons (Fsp3) is 0.351. The molecule has 1 saturated heterocycles. The molecule has 0 bridgehead atoms. The highest BCUT2D eigenvalue weighted by Gasteiger charge is 2.38. The smallest absolute Gasteiger partial charge is 0.475 e. The lowest BCUT2D eigenvalue weighted by Crippen LogP contribution is -2.39. The number of alkyl halides is 3. The Hall–Kier alpha value is -4.89. The van der Waals surface area contributed by atoms with Crippen LogP contribution in [0.2, 0.25) is 5.02 Å². The highest BCUT2D eigenvalue weighted by molar-refractivity contribution is 7.99. The molecule has 6 rings (SSSR count). The largest absolute Gasteiger partial charge is 0.490 e. The SMILES string of the molecule is CN1CCN=C1C(=O)c1ccc(CN2C(=O)CN(C(=O)c3ccc(Cl)cc3)Cc3ccc(CCC(=O)N4CCSCC4)cc32)cc1.O=C(O)C(F)(F)F. The van der Waals surface area contributed by atoms with Gasteiger partial charge in [-0.25, -0.2) is 4.79 Å². The minimum atomic E-state index is -5.08. The van der Waals surface area contributed by atoms with E-state index in [4.69, 9.17) is 21.5 Å². The van der Waals surface area contributed by atoms with Crippen molar-refractivity contribution in [3.05, 3.63) is 99.6 Å². The minimum Gasteiger partial charge on any atom is -0.475 e. The number of fused-ring (bicyclic) bond motifs is 1. The van der Waals surface area contributed by atoms with Crippen molar-refractivity contribution in [2.75, 3.05) is 56.2 Å². The molecule has 1 N–H and O–H groups in total. The summed E-state index contributed by atoms with van der Waals surface area (Å²) in [6, 6.07) is 19.8. The fourth-order valence-corrected chi connectivity index (χ4v) is 6.99. The van der Waals surface area contributed by atoms with Crippen LogP contribution in [0, 0.1) is 0 Å². The zero-order valence-corrected chi connectivity index (χ0v) is 30.3. The normalized spacial score (nSPS) is 15.9. The van der Waals surface area contributed by atoms with Crippen LogP contribution in [0.5, 0.6) is 0 Å². The van der Waals surface area contributed by atoms with Crippen molar-refractivity contribution in [1.29, 1.82) is 0 Å².